The molecule has 1 aliphatic heterocycles. The van der Waals surface area contributed by atoms with Gasteiger partial charge >= 0.3 is 0 Å². The van der Waals surface area contributed by atoms with Crippen molar-refractivity contribution in [2.24, 2.45) is 0 Å². The number of anilines is 1. The van der Waals surface area contributed by atoms with E-state index in [2.05, 4.69) is 42.0 Å². The van der Waals surface area contributed by atoms with Crippen LogP contribution >= 0.6 is 0 Å². The predicted molar refractivity (Wildman–Crippen MR) is 73.9 cm³/mol. The first-order valence-electron chi connectivity index (χ1n) is 6.64. The molecule has 0 atom stereocenters. The van der Waals surface area contributed by atoms with Crippen molar-refractivity contribution in [1.82, 2.24) is 10.3 Å². The molecule has 0 unspecified atom stereocenters. The minimum atomic E-state index is 0.0422. The minimum absolute atomic E-state index is 0.0422. The van der Waals surface area contributed by atoms with Crippen LogP contribution in [0.15, 0.2) is 18.5 Å². The van der Waals surface area contributed by atoms with Crippen LogP contribution in [0.3, 0.4) is 0 Å². The van der Waals surface area contributed by atoms with Crippen LogP contribution in [0.4, 0.5) is 5.69 Å². The van der Waals surface area contributed by atoms with E-state index in [0.717, 1.165) is 32.8 Å². The van der Waals surface area contributed by atoms with E-state index in [1.54, 1.807) is 0 Å². The fourth-order valence-electron chi connectivity index (χ4n) is 2.38. The molecule has 0 amide bonds. The maximum atomic E-state index is 5.58. The number of pyridine rings is 1. The summed E-state index contributed by atoms with van der Waals surface area (Å²) < 4.78 is 5.58. The van der Waals surface area contributed by atoms with Crippen LogP contribution in [0, 0.1) is 0 Å². The van der Waals surface area contributed by atoms with Gasteiger partial charge in [-0.2, -0.15) is 0 Å². The van der Waals surface area contributed by atoms with Crippen LogP contribution in [0.25, 0.3) is 0 Å². The summed E-state index contributed by atoms with van der Waals surface area (Å²) in [4.78, 5) is 6.68. The Kier molecular flexibility index (Phi) is 4.19. The summed E-state index contributed by atoms with van der Waals surface area (Å²) >= 11 is 0. The van der Waals surface area contributed by atoms with Crippen molar-refractivity contribution < 1.29 is 4.74 Å². The van der Waals surface area contributed by atoms with Gasteiger partial charge in [0.1, 0.15) is 0 Å². The normalized spacial score (nSPS) is 18.9. The second kappa shape index (κ2) is 5.67. The van der Waals surface area contributed by atoms with Gasteiger partial charge in [-0.3, -0.25) is 4.98 Å². The molecule has 1 saturated heterocycles. The highest BCUT2D eigenvalue weighted by molar-refractivity contribution is 5.54. The Bertz CT molecular complexity index is 392. The molecule has 1 N–H and O–H groups in total. The maximum absolute atomic E-state index is 5.58. The van der Waals surface area contributed by atoms with Gasteiger partial charge in [-0.05, 0) is 26.5 Å². The van der Waals surface area contributed by atoms with E-state index in [4.69, 9.17) is 4.74 Å². The fraction of sp³-hybridized carbons (Fsp3) is 0.643. The van der Waals surface area contributed by atoms with Crippen molar-refractivity contribution in [2.75, 3.05) is 31.2 Å². The number of ether oxygens (including phenoxy) is 1. The van der Waals surface area contributed by atoms with Crippen molar-refractivity contribution in [3.8, 4) is 0 Å². The Morgan fingerprint density at radius 3 is 3.06 bits per heavy atom. The van der Waals surface area contributed by atoms with Gasteiger partial charge in [0.2, 0.25) is 0 Å². The number of aromatic nitrogens is 1. The highest BCUT2D eigenvalue weighted by Crippen LogP contribution is 2.29. The molecule has 100 valence electrons. The molecule has 0 radical (unpaired) electrons. The number of nitrogens with one attached hydrogen (secondary N) is 1. The molecule has 0 aliphatic carbocycles. The molecule has 0 bridgehead atoms. The summed E-state index contributed by atoms with van der Waals surface area (Å²) in [6.45, 7) is 10.9. The smallest absolute Gasteiger partial charge is 0.0694 e. The van der Waals surface area contributed by atoms with Crippen molar-refractivity contribution in [2.45, 2.75) is 32.9 Å². The lowest BCUT2D eigenvalue weighted by atomic mass is 10.0. The molecule has 1 aromatic rings. The molecule has 18 heavy (non-hydrogen) atoms. The molecule has 0 aromatic carbocycles. The second-order valence-electron chi connectivity index (χ2n) is 5.30. The number of nitrogens with zero attached hydrogens (tertiary/aromatic N) is 2. The fourth-order valence-corrected chi connectivity index (χ4v) is 2.38. The van der Waals surface area contributed by atoms with Gasteiger partial charge in [0.05, 0.1) is 18.8 Å². The zero-order valence-electron chi connectivity index (χ0n) is 11.6. The summed E-state index contributed by atoms with van der Waals surface area (Å²) in [5.41, 5.74) is 2.58. The second-order valence-corrected chi connectivity index (χ2v) is 5.30. The third-order valence-corrected chi connectivity index (χ3v) is 3.38. The highest BCUT2D eigenvalue weighted by atomic mass is 16.5. The topological polar surface area (TPSA) is 37.4 Å². The monoisotopic (exact) mass is 249 g/mol. The van der Waals surface area contributed by atoms with Crippen LogP contribution in [0.5, 0.6) is 0 Å². The van der Waals surface area contributed by atoms with Crippen molar-refractivity contribution in [3.63, 3.8) is 0 Å². The number of hydrogen-bond acceptors (Lipinski definition) is 4. The lowest BCUT2D eigenvalue weighted by Gasteiger charge is -2.44. The van der Waals surface area contributed by atoms with E-state index >= 15 is 0 Å². The third kappa shape index (κ3) is 2.82. The first kappa shape index (κ1) is 13.3. The first-order valence-corrected chi connectivity index (χ1v) is 6.64. The van der Waals surface area contributed by atoms with Gasteiger partial charge in [-0.1, -0.05) is 6.92 Å². The molecule has 1 aliphatic rings. The average Bonchev–Trinajstić information content (AvgIpc) is 2.36. The van der Waals surface area contributed by atoms with Crippen LogP contribution in [0.2, 0.25) is 0 Å². The number of rotatable bonds is 4. The summed E-state index contributed by atoms with van der Waals surface area (Å²) in [6.07, 6.45) is 3.83. The predicted octanol–water partition coefficient (Wildman–Crippen LogP) is 1.81. The van der Waals surface area contributed by atoms with Gasteiger partial charge in [0.25, 0.3) is 0 Å². The Hall–Kier alpha value is -1.13. The SMILES string of the molecule is CCNCc1cnccc1N1CCOCC1(C)C. The average molecular weight is 249 g/mol. The zero-order valence-corrected chi connectivity index (χ0v) is 11.6. The van der Waals surface area contributed by atoms with E-state index in [1.807, 2.05) is 12.4 Å². The number of hydrogen-bond donors (Lipinski definition) is 1. The quantitative estimate of drug-likeness (QED) is 0.883. The summed E-state index contributed by atoms with van der Waals surface area (Å²) in [6, 6.07) is 2.11. The maximum Gasteiger partial charge on any atom is 0.0694 e. The molecule has 2 heterocycles. The van der Waals surface area contributed by atoms with E-state index in [1.165, 1.54) is 11.3 Å². The Balaban J connectivity index is 2.25. The van der Waals surface area contributed by atoms with E-state index < -0.39 is 0 Å². The van der Waals surface area contributed by atoms with Gasteiger partial charge in [0.15, 0.2) is 0 Å². The lowest BCUT2D eigenvalue weighted by Crippen LogP contribution is -2.53. The van der Waals surface area contributed by atoms with Crippen LogP contribution in [-0.2, 0) is 11.3 Å². The minimum Gasteiger partial charge on any atom is -0.377 e. The summed E-state index contributed by atoms with van der Waals surface area (Å²) in [5.74, 6) is 0. The molecule has 1 aromatic heterocycles. The first-order chi connectivity index (χ1) is 8.65. The molecule has 4 heteroatoms. The molecule has 1 fully saturated rings. The van der Waals surface area contributed by atoms with Crippen molar-refractivity contribution >= 4 is 5.69 Å². The van der Waals surface area contributed by atoms with E-state index in [0.29, 0.717) is 0 Å². The standard InChI is InChI=1S/C14H23N3O/c1-4-15-9-12-10-16-6-5-13(12)17-7-8-18-11-14(17,2)3/h5-6,10,15H,4,7-9,11H2,1-3H3. The van der Waals surface area contributed by atoms with E-state index in [9.17, 15) is 0 Å². The van der Waals surface area contributed by atoms with Crippen LogP contribution in [-0.4, -0.2) is 36.8 Å². The highest BCUT2D eigenvalue weighted by Gasteiger charge is 2.31. The molecule has 0 spiro atoms. The third-order valence-electron chi connectivity index (χ3n) is 3.38. The van der Waals surface area contributed by atoms with Gasteiger partial charge in [-0.25, -0.2) is 0 Å². The Morgan fingerprint density at radius 1 is 1.50 bits per heavy atom. The molecule has 0 saturated carbocycles. The van der Waals surface area contributed by atoms with Crippen LogP contribution in [0.1, 0.15) is 26.3 Å². The largest absolute Gasteiger partial charge is 0.377 e. The van der Waals surface area contributed by atoms with Crippen molar-refractivity contribution in [3.05, 3.63) is 24.0 Å². The molecular weight excluding hydrogens is 226 g/mol. The molecule has 4 nitrogen and oxygen atoms in total. The van der Waals surface area contributed by atoms with Gasteiger partial charge in [-0.15, -0.1) is 0 Å². The van der Waals surface area contributed by atoms with Gasteiger partial charge < -0.3 is 15.0 Å². The van der Waals surface area contributed by atoms with E-state index in [-0.39, 0.29) is 5.54 Å². The lowest BCUT2D eigenvalue weighted by molar-refractivity contribution is 0.0643. The molecular formula is C14H23N3O. The van der Waals surface area contributed by atoms with Crippen molar-refractivity contribution in [1.29, 1.82) is 0 Å². The number of morpholine rings is 1. The molecule has 2 rings (SSSR count). The Labute approximate surface area is 109 Å². The summed E-state index contributed by atoms with van der Waals surface area (Å²) in [5, 5.41) is 3.37. The van der Waals surface area contributed by atoms with Gasteiger partial charge in [0, 0.05) is 36.7 Å². The zero-order chi connectivity index (χ0) is 13.0. The van der Waals surface area contributed by atoms with Crippen LogP contribution < -0.4 is 10.2 Å². The Morgan fingerprint density at radius 2 is 2.33 bits per heavy atom. The summed E-state index contributed by atoms with van der Waals surface area (Å²) in [7, 11) is 0.